The highest BCUT2D eigenvalue weighted by Crippen LogP contribution is 2.21. The van der Waals surface area contributed by atoms with Crippen LogP contribution in [0.15, 0.2) is 47.3 Å². The molecule has 0 radical (unpaired) electrons. The zero-order chi connectivity index (χ0) is 29.0. The molecule has 4 rings (SSSR count). The molecule has 3 heterocycles. The van der Waals surface area contributed by atoms with Gasteiger partial charge in [-0.15, -0.1) is 0 Å². The second kappa shape index (κ2) is 11.7. The molecular formula is C26H26F4N5O5+. The van der Waals surface area contributed by atoms with E-state index < -0.39 is 23.9 Å². The van der Waals surface area contributed by atoms with Gasteiger partial charge < -0.3 is 9.64 Å². The summed E-state index contributed by atoms with van der Waals surface area (Å²) < 4.78 is 58.9. The first-order valence-corrected chi connectivity index (χ1v) is 12.3. The fraction of sp³-hybridized carbons (Fsp3) is 0.346. The first kappa shape index (κ1) is 28.5. The number of alkyl halides is 3. The molecule has 1 aliphatic heterocycles. The maximum atomic E-state index is 14.7. The first-order valence-electron chi connectivity index (χ1n) is 12.3. The lowest BCUT2D eigenvalue weighted by Gasteiger charge is -2.31. The molecule has 10 nitrogen and oxygen atoms in total. The number of benzene rings is 1. The maximum absolute atomic E-state index is 14.7. The topological polar surface area (TPSA) is 109 Å². The first-order chi connectivity index (χ1) is 19.0. The number of amides is 1. The fourth-order valence-electron chi connectivity index (χ4n) is 4.29. The molecule has 0 aliphatic carbocycles. The van der Waals surface area contributed by atoms with Crippen molar-refractivity contribution >= 4 is 17.7 Å². The molecule has 14 heteroatoms. The Kier molecular flexibility index (Phi) is 8.35. The van der Waals surface area contributed by atoms with Crippen molar-refractivity contribution < 1.29 is 41.5 Å². The van der Waals surface area contributed by atoms with Crippen LogP contribution in [-0.4, -0.2) is 66.4 Å². The van der Waals surface area contributed by atoms with E-state index in [0.29, 0.717) is 28.0 Å². The highest BCUT2D eigenvalue weighted by Gasteiger charge is 2.45. The van der Waals surface area contributed by atoms with E-state index in [1.807, 2.05) is 6.92 Å². The summed E-state index contributed by atoms with van der Waals surface area (Å²) in [6.07, 6.45) is -4.43. The Hall–Kier alpha value is -4.49. The van der Waals surface area contributed by atoms with E-state index in [9.17, 15) is 31.9 Å². The van der Waals surface area contributed by atoms with Gasteiger partial charge in [-0.2, -0.15) is 18.3 Å². The van der Waals surface area contributed by atoms with Crippen LogP contribution in [0.5, 0.6) is 5.88 Å². The number of ether oxygens (including phenoxy) is 1. The summed E-state index contributed by atoms with van der Waals surface area (Å²) in [6, 6.07) is 10.1. The monoisotopic (exact) mass is 564 g/mol. The Morgan fingerprint density at radius 2 is 1.82 bits per heavy atom. The number of pyridine rings is 1. The minimum atomic E-state index is -5.22. The lowest BCUT2D eigenvalue weighted by molar-refractivity contribution is -0.862. The molecule has 0 atom stereocenters. The number of aromatic amines is 1. The summed E-state index contributed by atoms with van der Waals surface area (Å²) in [5, 5.41) is 6.45. The number of hydrogen-bond acceptors (Lipinski definition) is 7. The van der Waals surface area contributed by atoms with Crippen molar-refractivity contribution in [3.63, 3.8) is 0 Å². The van der Waals surface area contributed by atoms with Crippen molar-refractivity contribution in [3.8, 4) is 5.88 Å². The lowest BCUT2D eigenvalue weighted by Crippen LogP contribution is -2.57. The van der Waals surface area contributed by atoms with E-state index in [-0.39, 0.29) is 55.4 Å². The van der Waals surface area contributed by atoms with Crippen LogP contribution >= 0.6 is 0 Å². The second-order valence-electron chi connectivity index (χ2n) is 8.93. The zero-order valence-corrected chi connectivity index (χ0v) is 21.6. The minimum absolute atomic E-state index is 0.108. The van der Waals surface area contributed by atoms with E-state index in [0.717, 1.165) is 0 Å². The SMILES string of the molecule is CCc1cc(Cc2ccc(F)c(C(=O)N3CCN(c4cccc(OC)[n+]4OC(=O)C(F)(F)F)CC3)c2)n[nH]c1=O. The van der Waals surface area contributed by atoms with Gasteiger partial charge in [0.25, 0.3) is 11.5 Å². The minimum Gasteiger partial charge on any atom is -0.463 e. The molecule has 2 aromatic heterocycles. The van der Waals surface area contributed by atoms with Crippen LogP contribution in [0, 0.1) is 5.82 Å². The van der Waals surface area contributed by atoms with Crippen molar-refractivity contribution in [1.29, 1.82) is 0 Å². The summed E-state index contributed by atoms with van der Waals surface area (Å²) in [5.41, 5.74) is 1.33. The molecular weight excluding hydrogens is 538 g/mol. The highest BCUT2D eigenvalue weighted by molar-refractivity contribution is 5.95. The number of anilines is 1. The number of rotatable bonds is 7. The van der Waals surface area contributed by atoms with Crippen molar-refractivity contribution in [2.75, 3.05) is 38.2 Å². The molecule has 0 unspecified atom stereocenters. The Morgan fingerprint density at radius 1 is 1.10 bits per heavy atom. The number of H-pyrrole nitrogens is 1. The van der Waals surface area contributed by atoms with Gasteiger partial charge in [0.2, 0.25) is 0 Å². The van der Waals surface area contributed by atoms with Crippen molar-refractivity contribution in [3.05, 3.63) is 81.0 Å². The van der Waals surface area contributed by atoms with Crippen molar-refractivity contribution in [2.45, 2.75) is 25.9 Å². The predicted octanol–water partition coefficient (Wildman–Crippen LogP) is 1.84. The number of piperazine rings is 1. The maximum Gasteiger partial charge on any atom is 0.495 e. The van der Waals surface area contributed by atoms with Gasteiger partial charge >= 0.3 is 23.8 Å². The third-order valence-electron chi connectivity index (χ3n) is 6.36. The van der Waals surface area contributed by atoms with E-state index in [2.05, 4.69) is 15.0 Å². The number of carbonyl (C=O) groups excluding carboxylic acids is 2. The third kappa shape index (κ3) is 6.21. The van der Waals surface area contributed by atoms with Crippen LogP contribution in [0.2, 0.25) is 0 Å². The van der Waals surface area contributed by atoms with Gasteiger partial charge in [0.1, 0.15) is 18.9 Å². The van der Waals surface area contributed by atoms with Gasteiger partial charge in [0.15, 0.2) is 0 Å². The standard InChI is InChI=1S/C26H25F4N5O5/c1-3-17-15-18(31-32-23(17)36)13-16-7-8-20(27)19(14-16)24(37)34-11-9-33(10-12-34)21-5-4-6-22(39-2)35(21)40-25(38)26(28,29)30/h4-8,14-15H,3,9-13H2,1-2H3/p+1. The number of aryl methyl sites for hydroxylation is 1. The largest absolute Gasteiger partial charge is 0.495 e. The molecule has 0 saturated carbocycles. The van der Waals surface area contributed by atoms with Crippen LogP contribution in [0.1, 0.15) is 34.1 Å². The van der Waals surface area contributed by atoms with Gasteiger partial charge in [-0.05, 0) is 36.2 Å². The highest BCUT2D eigenvalue weighted by atomic mass is 19.4. The van der Waals surface area contributed by atoms with Gasteiger partial charge in [-0.3, -0.25) is 14.5 Å². The summed E-state index contributed by atoms with van der Waals surface area (Å²) in [4.78, 5) is 44.1. The lowest BCUT2D eigenvalue weighted by atomic mass is 10.0. The number of aromatic nitrogens is 3. The Labute approximate surface area is 225 Å². The van der Waals surface area contributed by atoms with Crippen LogP contribution in [0.3, 0.4) is 0 Å². The zero-order valence-electron chi connectivity index (χ0n) is 21.6. The molecule has 212 valence electrons. The van der Waals surface area contributed by atoms with Crippen LogP contribution in [0.4, 0.5) is 23.4 Å². The quantitative estimate of drug-likeness (QED) is 0.345. The van der Waals surface area contributed by atoms with E-state index in [1.54, 1.807) is 11.0 Å². The number of nitrogens with one attached hydrogen (secondary N) is 1. The Balaban J connectivity index is 1.49. The molecule has 1 aromatic carbocycles. The Bertz CT molecular complexity index is 1470. The average molecular weight is 565 g/mol. The van der Waals surface area contributed by atoms with Crippen molar-refractivity contribution in [1.82, 2.24) is 15.1 Å². The average Bonchev–Trinajstić information content (AvgIpc) is 2.94. The van der Waals surface area contributed by atoms with E-state index in [1.165, 1.54) is 48.4 Å². The number of carbonyl (C=O) groups is 2. The molecule has 1 N–H and O–H groups in total. The van der Waals surface area contributed by atoms with Crippen LogP contribution in [-0.2, 0) is 17.6 Å². The third-order valence-corrected chi connectivity index (χ3v) is 6.36. The van der Waals surface area contributed by atoms with Crippen LogP contribution in [0.25, 0.3) is 0 Å². The number of methoxy groups -OCH3 is 1. The van der Waals surface area contributed by atoms with Gasteiger partial charge in [-0.1, -0.05) is 13.0 Å². The summed E-state index contributed by atoms with van der Waals surface area (Å²) in [6.45, 7) is 2.39. The predicted molar refractivity (Wildman–Crippen MR) is 132 cm³/mol. The van der Waals surface area contributed by atoms with E-state index in [4.69, 9.17) is 4.74 Å². The van der Waals surface area contributed by atoms with Crippen molar-refractivity contribution in [2.24, 2.45) is 0 Å². The molecule has 3 aromatic rings. The molecule has 0 spiro atoms. The number of hydrogen-bond donors (Lipinski definition) is 1. The molecule has 1 aliphatic rings. The van der Waals surface area contributed by atoms with E-state index >= 15 is 0 Å². The summed E-state index contributed by atoms with van der Waals surface area (Å²) in [5.74, 6) is -3.71. The molecule has 1 amide bonds. The van der Waals surface area contributed by atoms with Gasteiger partial charge in [-0.25, -0.2) is 19.1 Å². The molecule has 1 fully saturated rings. The smallest absolute Gasteiger partial charge is 0.463 e. The number of halogens is 4. The normalized spacial score (nSPS) is 13.8. The Morgan fingerprint density at radius 3 is 2.48 bits per heavy atom. The molecule has 40 heavy (non-hydrogen) atoms. The van der Waals surface area contributed by atoms with Crippen LogP contribution < -0.4 is 24.8 Å². The van der Waals surface area contributed by atoms with Gasteiger partial charge in [0.05, 0.1) is 31.5 Å². The summed E-state index contributed by atoms with van der Waals surface area (Å²) >= 11 is 0. The van der Waals surface area contributed by atoms with Gasteiger partial charge in [0, 0.05) is 28.8 Å². The number of nitrogens with zero attached hydrogens (tertiary/aromatic N) is 4. The molecule has 1 saturated heterocycles. The molecule has 0 bridgehead atoms. The summed E-state index contributed by atoms with van der Waals surface area (Å²) in [7, 11) is 1.21. The fourth-order valence-corrected chi connectivity index (χ4v) is 4.29. The second-order valence-corrected chi connectivity index (χ2v) is 8.93.